The first-order chi connectivity index (χ1) is 7.22. The van der Waals surface area contributed by atoms with Gasteiger partial charge < -0.3 is 5.11 Å². The number of aryl methyl sites for hydroxylation is 1. The van der Waals surface area contributed by atoms with Crippen molar-refractivity contribution in [2.75, 3.05) is 6.67 Å². The molecule has 1 saturated carbocycles. The lowest BCUT2D eigenvalue weighted by Crippen LogP contribution is -2.10. The van der Waals surface area contributed by atoms with Gasteiger partial charge in [0.25, 0.3) is 0 Å². The highest BCUT2D eigenvalue weighted by atomic mass is 19.1. The van der Waals surface area contributed by atoms with Gasteiger partial charge in [-0.1, -0.05) is 24.3 Å². The predicted molar refractivity (Wildman–Crippen MR) is 58.6 cm³/mol. The Hall–Kier alpha value is -0.890. The first-order valence-corrected chi connectivity index (χ1v) is 5.58. The van der Waals surface area contributed by atoms with Gasteiger partial charge in [0, 0.05) is 6.42 Å². The molecule has 0 saturated heterocycles. The molecule has 15 heavy (non-hydrogen) atoms. The lowest BCUT2D eigenvalue weighted by atomic mass is 10.0. The van der Waals surface area contributed by atoms with Crippen LogP contribution in [0, 0.1) is 0 Å². The van der Waals surface area contributed by atoms with Gasteiger partial charge in [-0.15, -0.1) is 0 Å². The van der Waals surface area contributed by atoms with E-state index >= 15 is 0 Å². The molecule has 0 heterocycles. The van der Waals surface area contributed by atoms with Crippen molar-refractivity contribution >= 4 is 0 Å². The van der Waals surface area contributed by atoms with Gasteiger partial charge >= 0.3 is 0 Å². The number of halogens is 1. The molecule has 2 heteroatoms. The molecule has 1 aliphatic rings. The number of alkyl halides is 1. The number of hydrogen-bond donors (Lipinski definition) is 1. The molecule has 82 valence electrons. The summed E-state index contributed by atoms with van der Waals surface area (Å²) >= 11 is 0. The zero-order valence-corrected chi connectivity index (χ0v) is 8.88. The molecule has 1 aliphatic carbocycles. The Morgan fingerprint density at radius 1 is 1.13 bits per heavy atom. The molecule has 1 aromatic carbocycles. The summed E-state index contributed by atoms with van der Waals surface area (Å²) in [6, 6.07) is 8.17. The largest absolute Gasteiger partial charge is 0.390 e. The second-order valence-corrected chi connectivity index (χ2v) is 4.51. The molecule has 0 atom stereocenters. The molecule has 0 aliphatic heterocycles. The van der Waals surface area contributed by atoms with E-state index in [9.17, 15) is 9.50 Å². The van der Waals surface area contributed by atoms with E-state index in [1.54, 1.807) is 0 Å². The summed E-state index contributed by atoms with van der Waals surface area (Å²) in [7, 11) is 0. The Morgan fingerprint density at radius 3 is 2.27 bits per heavy atom. The molecule has 0 amide bonds. The van der Waals surface area contributed by atoms with Crippen molar-refractivity contribution in [2.45, 2.75) is 37.7 Å². The molecular weight excluding hydrogens is 191 g/mol. The lowest BCUT2D eigenvalue weighted by molar-refractivity contribution is 0.151. The minimum atomic E-state index is -0.416. The zero-order chi connectivity index (χ0) is 10.7. The van der Waals surface area contributed by atoms with Crippen molar-refractivity contribution in [3.63, 3.8) is 0 Å². The van der Waals surface area contributed by atoms with Crippen molar-refractivity contribution in [3.8, 4) is 0 Å². The zero-order valence-electron chi connectivity index (χ0n) is 8.88. The first-order valence-electron chi connectivity index (χ1n) is 5.58. The van der Waals surface area contributed by atoms with E-state index in [1.807, 2.05) is 24.3 Å². The highest BCUT2D eigenvalue weighted by Crippen LogP contribution is 2.38. The molecule has 0 spiro atoms. The first kappa shape index (κ1) is 10.6. The third kappa shape index (κ3) is 3.03. The molecule has 0 bridgehead atoms. The second kappa shape index (κ2) is 4.31. The minimum Gasteiger partial charge on any atom is -0.390 e. The fourth-order valence-corrected chi connectivity index (χ4v) is 1.80. The van der Waals surface area contributed by atoms with Crippen LogP contribution in [-0.2, 0) is 12.8 Å². The number of rotatable bonds is 5. The van der Waals surface area contributed by atoms with Gasteiger partial charge in [0.1, 0.15) is 0 Å². The Balaban J connectivity index is 1.91. The van der Waals surface area contributed by atoms with Crippen molar-refractivity contribution in [3.05, 3.63) is 35.4 Å². The van der Waals surface area contributed by atoms with Crippen molar-refractivity contribution in [1.82, 2.24) is 0 Å². The molecule has 0 unspecified atom stereocenters. The topological polar surface area (TPSA) is 20.2 Å². The summed E-state index contributed by atoms with van der Waals surface area (Å²) in [5.41, 5.74) is 1.94. The van der Waals surface area contributed by atoms with E-state index in [0.29, 0.717) is 6.42 Å². The van der Waals surface area contributed by atoms with Crippen LogP contribution in [0.4, 0.5) is 4.39 Å². The van der Waals surface area contributed by atoms with Crippen LogP contribution in [0.1, 0.15) is 30.4 Å². The van der Waals surface area contributed by atoms with Crippen molar-refractivity contribution in [1.29, 1.82) is 0 Å². The van der Waals surface area contributed by atoms with Crippen LogP contribution in [0.25, 0.3) is 0 Å². The minimum absolute atomic E-state index is 0.249. The van der Waals surface area contributed by atoms with Gasteiger partial charge in [0.2, 0.25) is 0 Å². The second-order valence-electron chi connectivity index (χ2n) is 4.51. The fraction of sp³-hybridized carbons (Fsp3) is 0.538. The average molecular weight is 208 g/mol. The van der Waals surface area contributed by atoms with E-state index in [2.05, 4.69) is 0 Å². The number of hydrogen-bond acceptors (Lipinski definition) is 1. The summed E-state index contributed by atoms with van der Waals surface area (Å²) in [6.45, 7) is -0.249. The number of aliphatic hydroxyl groups is 1. The standard InChI is InChI=1S/C13H17FO/c14-9-1-2-11-3-5-12(6-4-11)10-13(15)7-8-13/h3-6,15H,1-2,7-10H2. The van der Waals surface area contributed by atoms with Gasteiger partial charge in [0.05, 0.1) is 12.3 Å². The predicted octanol–water partition coefficient (Wildman–Crippen LogP) is 2.66. The Bertz CT molecular complexity index is 314. The van der Waals surface area contributed by atoms with Crippen molar-refractivity contribution in [2.24, 2.45) is 0 Å². The van der Waals surface area contributed by atoms with E-state index in [4.69, 9.17) is 0 Å². The maximum atomic E-state index is 12.0. The van der Waals surface area contributed by atoms with Crippen LogP contribution in [0.5, 0.6) is 0 Å². The van der Waals surface area contributed by atoms with Gasteiger partial charge in [-0.3, -0.25) is 4.39 Å². The SMILES string of the molecule is OC1(Cc2ccc(CCCF)cc2)CC1. The average Bonchev–Trinajstić information content (AvgIpc) is 2.95. The number of benzene rings is 1. The lowest BCUT2D eigenvalue weighted by Gasteiger charge is -2.08. The van der Waals surface area contributed by atoms with Gasteiger partial charge in [-0.05, 0) is 36.8 Å². The van der Waals surface area contributed by atoms with E-state index < -0.39 is 5.60 Å². The van der Waals surface area contributed by atoms with Crippen LogP contribution < -0.4 is 0 Å². The summed E-state index contributed by atoms with van der Waals surface area (Å²) in [5, 5.41) is 9.74. The Morgan fingerprint density at radius 2 is 1.73 bits per heavy atom. The maximum Gasteiger partial charge on any atom is 0.0897 e. The third-order valence-electron chi connectivity index (χ3n) is 2.98. The van der Waals surface area contributed by atoms with Gasteiger partial charge in [-0.2, -0.15) is 0 Å². The molecule has 0 radical (unpaired) electrons. The molecule has 1 nitrogen and oxygen atoms in total. The normalized spacial score (nSPS) is 17.7. The quantitative estimate of drug-likeness (QED) is 0.788. The van der Waals surface area contributed by atoms with Crippen LogP contribution in [0.3, 0.4) is 0 Å². The molecular formula is C13H17FO. The molecule has 2 rings (SSSR count). The summed E-state index contributed by atoms with van der Waals surface area (Å²) in [6.07, 6.45) is 4.02. The highest BCUT2D eigenvalue weighted by molar-refractivity contribution is 5.25. The third-order valence-corrected chi connectivity index (χ3v) is 2.98. The molecule has 1 aromatic rings. The van der Waals surface area contributed by atoms with E-state index in [-0.39, 0.29) is 6.67 Å². The fourth-order valence-electron chi connectivity index (χ4n) is 1.80. The summed E-state index contributed by atoms with van der Waals surface area (Å²) in [5.74, 6) is 0. The van der Waals surface area contributed by atoms with Crippen LogP contribution >= 0.6 is 0 Å². The van der Waals surface area contributed by atoms with Crippen LogP contribution in [0.2, 0.25) is 0 Å². The van der Waals surface area contributed by atoms with Gasteiger partial charge in [0.15, 0.2) is 0 Å². The molecule has 1 fully saturated rings. The summed E-state index contributed by atoms with van der Waals surface area (Å²) in [4.78, 5) is 0. The molecule has 0 aromatic heterocycles. The van der Waals surface area contributed by atoms with Crippen LogP contribution in [0.15, 0.2) is 24.3 Å². The smallest absolute Gasteiger partial charge is 0.0897 e. The summed E-state index contributed by atoms with van der Waals surface area (Å²) < 4.78 is 12.0. The molecule has 1 N–H and O–H groups in total. The van der Waals surface area contributed by atoms with E-state index in [1.165, 1.54) is 11.1 Å². The highest BCUT2D eigenvalue weighted by Gasteiger charge is 2.39. The Labute approximate surface area is 89.9 Å². The van der Waals surface area contributed by atoms with Crippen molar-refractivity contribution < 1.29 is 9.50 Å². The van der Waals surface area contributed by atoms with Gasteiger partial charge in [-0.25, -0.2) is 0 Å². The van der Waals surface area contributed by atoms with Crippen LogP contribution in [-0.4, -0.2) is 17.4 Å². The monoisotopic (exact) mass is 208 g/mol. The van der Waals surface area contributed by atoms with E-state index in [0.717, 1.165) is 25.7 Å². The Kier molecular flexibility index (Phi) is 3.06. The maximum absolute atomic E-state index is 12.0.